The number of hydrogen-bond acceptors (Lipinski definition) is 1. The molecule has 104 valence electrons. The van der Waals surface area contributed by atoms with E-state index in [1.807, 2.05) is 6.07 Å². The van der Waals surface area contributed by atoms with Crippen LogP contribution in [0.15, 0.2) is 66.7 Å². The zero-order valence-electron chi connectivity index (χ0n) is 12.5. The minimum absolute atomic E-state index is 1.02. The molecule has 1 heterocycles. The third kappa shape index (κ3) is 3.03. The standard InChI is InChI=1S/C20H19N/c1-3-16-13-19(17-9-5-4-6-10-17)21-20(14-16)18-11-7-8-15(2)12-18/h4-14H,3H2,1-2H3. The van der Waals surface area contributed by atoms with Crippen molar-refractivity contribution in [2.75, 3.05) is 0 Å². The first-order valence-electron chi connectivity index (χ1n) is 7.39. The first-order chi connectivity index (χ1) is 10.3. The maximum Gasteiger partial charge on any atom is 0.0712 e. The Bertz CT molecular complexity index is 745. The second kappa shape index (κ2) is 5.92. The van der Waals surface area contributed by atoms with Gasteiger partial charge in [0.15, 0.2) is 0 Å². The van der Waals surface area contributed by atoms with Gasteiger partial charge < -0.3 is 0 Å². The van der Waals surface area contributed by atoms with Crippen LogP contribution in [0.2, 0.25) is 0 Å². The summed E-state index contributed by atoms with van der Waals surface area (Å²) in [6, 6.07) is 23.3. The van der Waals surface area contributed by atoms with Gasteiger partial charge in [-0.2, -0.15) is 0 Å². The number of rotatable bonds is 3. The van der Waals surface area contributed by atoms with E-state index in [-0.39, 0.29) is 0 Å². The maximum absolute atomic E-state index is 4.86. The van der Waals surface area contributed by atoms with Crippen molar-refractivity contribution >= 4 is 0 Å². The van der Waals surface area contributed by atoms with Crippen molar-refractivity contribution in [3.05, 3.63) is 77.9 Å². The van der Waals surface area contributed by atoms with Crippen LogP contribution in [0, 0.1) is 6.92 Å². The lowest BCUT2D eigenvalue weighted by Crippen LogP contribution is -1.92. The van der Waals surface area contributed by atoms with E-state index in [2.05, 4.69) is 74.5 Å². The maximum atomic E-state index is 4.86. The molecule has 0 atom stereocenters. The molecule has 1 heteroatoms. The molecule has 21 heavy (non-hydrogen) atoms. The van der Waals surface area contributed by atoms with Crippen LogP contribution in [0.25, 0.3) is 22.5 Å². The van der Waals surface area contributed by atoms with Crippen LogP contribution in [-0.4, -0.2) is 4.98 Å². The molecule has 3 rings (SSSR count). The van der Waals surface area contributed by atoms with E-state index in [1.165, 1.54) is 22.3 Å². The topological polar surface area (TPSA) is 12.9 Å². The van der Waals surface area contributed by atoms with E-state index in [0.29, 0.717) is 0 Å². The SMILES string of the molecule is CCc1cc(-c2ccccc2)nc(-c2cccc(C)c2)c1. The summed E-state index contributed by atoms with van der Waals surface area (Å²) in [6.45, 7) is 4.30. The fourth-order valence-electron chi connectivity index (χ4n) is 2.50. The summed E-state index contributed by atoms with van der Waals surface area (Å²) >= 11 is 0. The number of hydrogen-bond donors (Lipinski definition) is 0. The van der Waals surface area contributed by atoms with Crippen LogP contribution < -0.4 is 0 Å². The fourth-order valence-corrected chi connectivity index (χ4v) is 2.50. The first kappa shape index (κ1) is 13.6. The number of pyridine rings is 1. The second-order valence-corrected chi connectivity index (χ2v) is 5.33. The number of aryl methyl sites for hydroxylation is 2. The molecular formula is C20H19N. The molecule has 0 N–H and O–H groups in total. The highest BCUT2D eigenvalue weighted by Crippen LogP contribution is 2.25. The van der Waals surface area contributed by atoms with E-state index < -0.39 is 0 Å². The largest absolute Gasteiger partial charge is 0.248 e. The molecule has 0 unspecified atom stereocenters. The number of benzene rings is 2. The molecule has 0 fully saturated rings. The van der Waals surface area contributed by atoms with Crippen LogP contribution in [-0.2, 0) is 6.42 Å². The van der Waals surface area contributed by atoms with E-state index in [9.17, 15) is 0 Å². The average Bonchev–Trinajstić information content (AvgIpc) is 2.55. The Balaban J connectivity index is 2.14. The molecular weight excluding hydrogens is 254 g/mol. The Morgan fingerprint density at radius 3 is 2.10 bits per heavy atom. The van der Waals surface area contributed by atoms with Gasteiger partial charge in [-0.25, -0.2) is 4.98 Å². The predicted octanol–water partition coefficient (Wildman–Crippen LogP) is 5.29. The van der Waals surface area contributed by atoms with Crippen LogP contribution in [0.5, 0.6) is 0 Å². The summed E-state index contributed by atoms with van der Waals surface area (Å²) in [5, 5.41) is 0. The Morgan fingerprint density at radius 1 is 0.762 bits per heavy atom. The van der Waals surface area contributed by atoms with Crippen LogP contribution in [0.3, 0.4) is 0 Å². The number of nitrogens with zero attached hydrogens (tertiary/aromatic N) is 1. The van der Waals surface area contributed by atoms with Crippen molar-refractivity contribution in [3.8, 4) is 22.5 Å². The minimum Gasteiger partial charge on any atom is -0.248 e. The lowest BCUT2D eigenvalue weighted by Gasteiger charge is -2.09. The molecule has 3 aromatic rings. The molecule has 0 aliphatic carbocycles. The fraction of sp³-hybridized carbons (Fsp3) is 0.150. The van der Waals surface area contributed by atoms with Gasteiger partial charge in [-0.3, -0.25) is 0 Å². The summed E-state index contributed by atoms with van der Waals surface area (Å²) < 4.78 is 0. The first-order valence-corrected chi connectivity index (χ1v) is 7.39. The molecule has 1 aromatic heterocycles. The lowest BCUT2D eigenvalue weighted by atomic mass is 10.0. The molecule has 0 bridgehead atoms. The van der Waals surface area contributed by atoms with Crippen LogP contribution in [0.4, 0.5) is 0 Å². The van der Waals surface area contributed by atoms with Crippen molar-refractivity contribution in [3.63, 3.8) is 0 Å². The zero-order valence-corrected chi connectivity index (χ0v) is 12.5. The van der Waals surface area contributed by atoms with Crippen molar-refractivity contribution in [2.24, 2.45) is 0 Å². The van der Waals surface area contributed by atoms with Crippen LogP contribution in [0.1, 0.15) is 18.1 Å². The molecule has 0 spiro atoms. The van der Waals surface area contributed by atoms with Gasteiger partial charge in [-0.05, 0) is 37.1 Å². The molecule has 0 aliphatic heterocycles. The van der Waals surface area contributed by atoms with Crippen molar-refractivity contribution in [2.45, 2.75) is 20.3 Å². The van der Waals surface area contributed by atoms with E-state index in [0.717, 1.165) is 17.8 Å². The summed E-state index contributed by atoms with van der Waals surface area (Å²) in [4.78, 5) is 4.86. The van der Waals surface area contributed by atoms with Crippen LogP contribution >= 0.6 is 0 Å². The van der Waals surface area contributed by atoms with Crippen molar-refractivity contribution in [1.29, 1.82) is 0 Å². The quantitative estimate of drug-likeness (QED) is 0.632. The normalized spacial score (nSPS) is 10.6. The Kier molecular flexibility index (Phi) is 3.83. The van der Waals surface area contributed by atoms with Crippen molar-refractivity contribution in [1.82, 2.24) is 4.98 Å². The lowest BCUT2D eigenvalue weighted by molar-refractivity contribution is 1.12. The predicted molar refractivity (Wildman–Crippen MR) is 89.2 cm³/mol. The average molecular weight is 273 g/mol. The zero-order chi connectivity index (χ0) is 14.7. The molecule has 0 saturated carbocycles. The minimum atomic E-state index is 1.02. The second-order valence-electron chi connectivity index (χ2n) is 5.33. The molecule has 0 saturated heterocycles. The smallest absolute Gasteiger partial charge is 0.0712 e. The summed E-state index contributed by atoms with van der Waals surface area (Å²) in [5.41, 5.74) is 7.03. The van der Waals surface area contributed by atoms with Crippen molar-refractivity contribution < 1.29 is 0 Å². The molecule has 0 aliphatic rings. The van der Waals surface area contributed by atoms with Gasteiger partial charge in [0.05, 0.1) is 11.4 Å². The third-order valence-electron chi connectivity index (χ3n) is 3.68. The van der Waals surface area contributed by atoms with Gasteiger partial charge in [-0.15, -0.1) is 0 Å². The van der Waals surface area contributed by atoms with Gasteiger partial charge in [0.2, 0.25) is 0 Å². The highest BCUT2D eigenvalue weighted by Gasteiger charge is 2.06. The summed E-state index contributed by atoms with van der Waals surface area (Å²) in [7, 11) is 0. The van der Waals surface area contributed by atoms with Gasteiger partial charge in [0, 0.05) is 11.1 Å². The highest BCUT2D eigenvalue weighted by atomic mass is 14.7. The summed E-state index contributed by atoms with van der Waals surface area (Å²) in [6.07, 6.45) is 1.02. The Morgan fingerprint density at radius 2 is 1.43 bits per heavy atom. The number of aromatic nitrogens is 1. The van der Waals surface area contributed by atoms with E-state index in [1.54, 1.807) is 0 Å². The molecule has 0 amide bonds. The Labute approximate surface area is 126 Å². The molecule has 1 nitrogen and oxygen atoms in total. The Hall–Kier alpha value is -2.41. The monoisotopic (exact) mass is 273 g/mol. The third-order valence-corrected chi connectivity index (χ3v) is 3.68. The molecule has 0 radical (unpaired) electrons. The van der Waals surface area contributed by atoms with E-state index >= 15 is 0 Å². The van der Waals surface area contributed by atoms with E-state index in [4.69, 9.17) is 4.98 Å². The highest BCUT2D eigenvalue weighted by molar-refractivity contribution is 5.67. The van der Waals surface area contributed by atoms with Gasteiger partial charge in [0.25, 0.3) is 0 Å². The van der Waals surface area contributed by atoms with Gasteiger partial charge in [0.1, 0.15) is 0 Å². The van der Waals surface area contributed by atoms with Gasteiger partial charge in [-0.1, -0.05) is 61.0 Å². The molecule has 2 aromatic carbocycles. The summed E-state index contributed by atoms with van der Waals surface area (Å²) in [5.74, 6) is 0. The van der Waals surface area contributed by atoms with Gasteiger partial charge >= 0.3 is 0 Å².